The van der Waals surface area contributed by atoms with Crippen LogP contribution in [0.1, 0.15) is 24.5 Å². The molecular formula is C15H19N3O. The maximum absolute atomic E-state index is 11.4. The Morgan fingerprint density at radius 3 is 2.68 bits per heavy atom. The average molecular weight is 257 g/mol. The Labute approximate surface area is 114 Å². The van der Waals surface area contributed by atoms with Crippen molar-refractivity contribution in [1.82, 2.24) is 4.90 Å². The third-order valence-electron chi connectivity index (χ3n) is 3.61. The van der Waals surface area contributed by atoms with Gasteiger partial charge in [-0.1, -0.05) is 0 Å². The van der Waals surface area contributed by atoms with Crippen LogP contribution in [0.3, 0.4) is 0 Å². The molecule has 1 fully saturated rings. The standard InChI is InChI=1S/C15H19N3O/c1-12-10-14(11-16)4-5-15(12)18-7-3-6-17(8-9-18)13(2)19/h4-5,10H,3,6-9H2,1-2H3. The molecule has 0 N–H and O–H groups in total. The summed E-state index contributed by atoms with van der Waals surface area (Å²) < 4.78 is 0. The molecule has 19 heavy (non-hydrogen) atoms. The monoisotopic (exact) mass is 257 g/mol. The molecule has 0 saturated carbocycles. The van der Waals surface area contributed by atoms with Crippen LogP contribution >= 0.6 is 0 Å². The number of carbonyl (C=O) groups is 1. The lowest BCUT2D eigenvalue weighted by molar-refractivity contribution is -0.128. The molecule has 1 amide bonds. The van der Waals surface area contributed by atoms with E-state index in [1.165, 1.54) is 5.69 Å². The number of benzene rings is 1. The summed E-state index contributed by atoms with van der Waals surface area (Å²) in [6.45, 7) is 7.07. The Morgan fingerprint density at radius 1 is 1.26 bits per heavy atom. The van der Waals surface area contributed by atoms with Crippen LogP contribution in [-0.4, -0.2) is 37.0 Å². The maximum atomic E-state index is 11.4. The highest BCUT2D eigenvalue weighted by molar-refractivity contribution is 5.73. The number of hydrogen-bond donors (Lipinski definition) is 0. The van der Waals surface area contributed by atoms with Gasteiger partial charge in [0.05, 0.1) is 11.6 Å². The number of hydrogen-bond acceptors (Lipinski definition) is 3. The summed E-state index contributed by atoms with van der Waals surface area (Å²) in [5.74, 6) is 0.151. The molecule has 1 aromatic carbocycles. The number of aryl methyl sites for hydroxylation is 1. The fourth-order valence-electron chi connectivity index (χ4n) is 2.55. The summed E-state index contributed by atoms with van der Waals surface area (Å²) in [6.07, 6.45) is 0.985. The van der Waals surface area contributed by atoms with Crippen molar-refractivity contribution in [3.8, 4) is 6.07 Å². The molecule has 4 nitrogen and oxygen atoms in total. The van der Waals surface area contributed by atoms with E-state index in [-0.39, 0.29) is 5.91 Å². The SMILES string of the molecule is CC(=O)N1CCCN(c2ccc(C#N)cc2C)CC1. The molecule has 2 rings (SSSR count). The first-order valence-electron chi connectivity index (χ1n) is 6.63. The number of rotatable bonds is 1. The molecule has 1 saturated heterocycles. The van der Waals surface area contributed by atoms with Gasteiger partial charge in [-0.2, -0.15) is 5.26 Å². The van der Waals surface area contributed by atoms with E-state index in [1.807, 2.05) is 30.0 Å². The third-order valence-corrected chi connectivity index (χ3v) is 3.61. The van der Waals surface area contributed by atoms with Crippen molar-refractivity contribution in [1.29, 1.82) is 5.26 Å². The van der Waals surface area contributed by atoms with E-state index in [0.717, 1.165) is 38.2 Å². The van der Waals surface area contributed by atoms with Crippen LogP contribution in [0.4, 0.5) is 5.69 Å². The van der Waals surface area contributed by atoms with Gasteiger partial charge in [0.1, 0.15) is 0 Å². The van der Waals surface area contributed by atoms with Gasteiger partial charge in [-0.05, 0) is 37.1 Å². The summed E-state index contributed by atoms with van der Waals surface area (Å²) >= 11 is 0. The maximum Gasteiger partial charge on any atom is 0.219 e. The molecule has 1 aliphatic rings. The van der Waals surface area contributed by atoms with Gasteiger partial charge in [-0.25, -0.2) is 0 Å². The summed E-state index contributed by atoms with van der Waals surface area (Å²) in [4.78, 5) is 15.6. The van der Waals surface area contributed by atoms with Crippen molar-refractivity contribution < 1.29 is 4.79 Å². The van der Waals surface area contributed by atoms with Crippen molar-refractivity contribution >= 4 is 11.6 Å². The summed E-state index contributed by atoms with van der Waals surface area (Å²) in [5.41, 5.74) is 2.99. The van der Waals surface area contributed by atoms with E-state index >= 15 is 0 Å². The fourth-order valence-corrected chi connectivity index (χ4v) is 2.55. The number of nitriles is 1. The number of carbonyl (C=O) groups excluding carboxylic acids is 1. The zero-order chi connectivity index (χ0) is 13.8. The predicted molar refractivity (Wildman–Crippen MR) is 75.0 cm³/mol. The van der Waals surface area contributed by atoms with E-state index in [4.69, 9.17) is 5.26 Å². The molecule has 0 bridgehead atoms. The first-order valence-corrected chi connectivity index (χ1v) is 6.63. The second kappa shape index (κ2) is 5.75. The van der Waals surface area contributed by atoms with Crippen LogP contribution < -0.4 is 4.90 Å². The lowest BCUT2D eigenvalue weighted by Crippen LogP contribution is -2.33. The van der Waals surface area contributed by atoms with E-state index in [1.54, 1.807) is 6.92 Å². The van der Waals surface area contributed by atoms with E-state index in [9.17, 15) is 4.79 Å². The molecule has 0 aromatic heterocycles. The minimum atomic E-state index is 0.151. The summed E-state index contributed by atoms with van der Waals surface area (Å²) in [7, 11) is 0. The first-order chi connectivity index (χ1) is 9.11. The van der Waals surface area contributed by atoms with Crippen LogP contribution in [0.2, 0.25) is 0 Å². The highest BCUT2D eigenvalue weighted by atomic mass is 16.2. The van der Waals surface area contributed by atoms with Crippen molar-refractivity contribution in [2.45, 2.75) is 20.3 Å². The van der Waals surface area contributed by atoms with Crippen LogP contribution in [0.15, 0.2) is 18.2 Å². The fraction of sp³-hybridized carbons (Fsp3) is 0.467. The van der Waals surface area contributed by atoms with E-state index in [0.29, 0.717) is 5.56 Å². The van der Waals surface area contributed by atoms with Gasteiger partial charge in [0.15, 0.2) is 0 Å². The molecule has 4 heteroatoms. The second-order valence-corrected chi connectivity index (χ2v) is 4.96. The van der Waals surface area contributed by atoms with Crippen molar-refractivity contribution in [3.63, 3.8) is 0 Å². The zero-order valence-electron chi connectivity index (χ0n) is 11.5. The van der Waals surface area contributed by atoms with Crippen molar-refractivity contribution in [3.05, 3.63) is 29.3 Å². The molecular weight excluding hydrogens is 238 g/mol. The zero-order valence-corrected chi connectivity index (χ0v) is 11.5. The van der Waals surface area contributed by atoms with Gasteiger partial charge in [0.2, 0.25) is 5.91 Å². The Hall–Kier alpha value is -2.02. The molecule has 0 atom stereocenters. The smallest absolute Gasteiger partial charge is 0.219 e. The Morgan fingerprint density at radius 2 is 2.05 bits per heavy atom. The molecule has 0 spiro atoms. The number of anilines is 1. The molecule has 100 valence electrons. The van der Waals surface area contributed by atoms with Crippen molar-refractivity contribution in [2.75, 3.05) is 31.1 Å². The Balaban J connectivity index is 2.14. The Kier molecular flexibility index (Phi) is 4.06. The number of amides is 1. The van der Waals surface area contributed by atoms with Gasteiger partial charge in [-0.15, -0.1) is 0 Å². The quantitative estimate of drug-likeness (QED) is 0.772. The van der Waals surface area contributed by atoms with Crippen LogP contribution in [0, 0.1) is 18.3 Å². The Bertz CT molecular complexity index is 519. The van der Waals surface area contributed by atoms with Crippen molar-refractivity contribution in [2.24, 2.45) is 0 Å². The lowest BCUT2D eigenvalue weighted by Gasteiger charge is -2.25. The van der Waals surface area contributed by atoms with Gasteiger partial charge >= 0.3 is 0 Å². The molecule has 0 aliphatic carbocycles. The highest BCUT2D eigenvalue weighted by Gasteiger charge is 2.17. The van der Waals surface area contributed by atoms with Gasteiger partial charge < -0.3 is 9.80 Å². The summed E-state index contributed by atoms with van der Waals surface area (Å²) in [6, 6.07) is 7.95. The van der Waals surface area contributed by atoms with Gasteiger partial charge in [0, 0.05) is 38.8 Å². The minimum absolute atomic E-state index is 0.151. The van der Waals surface area contributed by atoms with Gasteiger partial charge in [0.25, 0.3) is 0 Å². The lowest BCUT2D eigenvalue weighted by atomic mass is 10.1. The predicted octanol–water partition coefficient (Wildman–Crippen LogP) is 1.93. The molecule has 1 aromatic rings. The molecule has 1 heterocycles. The molecule has 0 unspecified atom stereocenters. The largest absolute Gasteiger partial charge is 0.369 e. The minimum Gasteiger partial charge on any atom is -0.369 e. The van der Waals surface area contributed by atoms with E-state index in [2.05, 4.69) is 11.0 Å². The van der Waals surface area contributed by atoms with Crippen LogP contribution in [0.25, 0.3) is 0 Å². The normalized spacial score (nSPS) is 15.8. The first kappa shape index (κ1) is 13.4. The topological polar surface area (TPSA) is 47.3 Å². The molecule has 1 aliphatic heterocycles. The van der Waals surface area contributed by atoms with E-state index < -0.39 is 0 Å². The second-order valence-electron chi connectivity index (χ2n) is 4.96. The molecule has 0 radical (unpaired) electrons. The van der Waals surface area contributed by atoms with Crippen LogP contribution in [-0.2, 0) is 4.79 Å². The third kappa shape index (κ3) is 3.05. The highest BCUT2D eigenvalue weighted by Crippen LogP contribution is 2.22. The number of nitrogens with zero attached hydrogens (tertiary/aromatic N) is 3. The van der Waals surface area contributed by atoms with Gasteiger partial charge in [-0.3, -0.25) is 4.79 Å². The summed E-state index contributed by atoms with van der Waals surface area (Å²) in [5, 5.41) is 8.90. The average Bonchev–Trinajstić information content (AvgIpc) is 2.64. The van der Waals surface area contributed by atoms with Crippen LogP contribution in [0.5, 0.6) is 0 Å².